The van der Waals surface area contributed by atoms with Gasteiger partial charge in [-0.15, -0.1) is 0 Å². The zero-order valence-corrected chi connectivity index (χ0v) is 21.4. The summed E-state index contributed by atoms with van der Waals surface area (Å²) in [6.07, 6.45) is 6.21. The maximum Gasteiger partial charge on any atom is 0.217 e. The van der Waals surface area contributed by atoms with Gasteiger partial charge in [-0.2, -0.15) is 4.98 Å². The van der Waals surface area contributed by atoms with E-state index in [4.69, 9.17) is 15.9 Å². The number of nitrogens with one attached hydrogen (secondary N) is 1. The first-order chi connectivity index (χ1) is 16.0. The van der Waals surface area contributed by atoms with Gasteiger partial charge in [-0.1, -0.05) is 57.5 Å². The van der Waals surface area contributed by atoms with Gasteiger partial charge in [0.2, 0.25) is 5.88 Å². The molecule has 0 saturated carbocycles. The highest BCUT2D eigenvalue weighted by Crippen LogP contribution is 2.23. The lowest BCUT2D eigenvalue weighted by Gasteiger charge is -2.24. The number of benzene rings is 1. The summed E-state index contributed by atoms with van der Waals surface area (Å²) in [6.45, 7) is 16.5. The molecule has 1 saturated heterocycles. The normalized spacial score (nSPS) is 12.8. The number of hydrogen-bond acceptors (Lipinski definition) is 6. The van der Waals surface area contributed by atoms with Crippen molar-refractivity contribution in [2.45, 2.75) is 60.3 Å². The van der Waals surface area contributed by atoms with Crippen LogP contribution in [-0.2, 0) is 0 Å². The molecule has 3 N–H and O–H groups in total. The number of pyridine rings is 1. The molecule has 0 unspecified atom stereocenters. The molecule has 0 atom stereocenters. The molecule has 1 fully saturated rings. The SMILES string of the molecule is CC.CCCN(CCC)c1cc(N)nc(OCCN2CCCC2)c1.Cc1cccc(C=N)c1. The number of aromatic nitrogens is 1. The van der Waals surface area contributed by atoms with Gasteiger partial charge in [0.15, 0.2) is 0 Å². The molecule has 6 nitrogen and oxygen atoms in total. The van der Waals surface area contributed by atoms with E-state index >= 15 is 0 Å². The third-order valence-electron chi connectivity index (χ3n) is 5.22. The van der Waals surface area contributed by atoms with E-state index < -0.39 is 0 Å². The Hall–Kier alpha value is -2.60. The van der Waals surface area contributed by atoms with E-state index in [1.807, 2.05) is 57.2 Å². The quantitative estimate of drug-likeness (QED) is 0.444. The van der Waals surface area contributed by atoms with Crippen LogP contribution in [0.15, 0.2) is 36.4 Å². The zero-order chi connectivity index (χ0) is 24.5. The molecule has 0 spiro atoms. The summed E-state index contributed by atoms with van der Waals surface area (Å²) in [5.41, 5.74) is 9.25. The van der Waals surface area contributed by atoms with Gasteiger partial charge in [0, 0.05) is 43.7 Å². The second-order valence-electron chi connectivity index (χ2n) is 8.03. The highest BCUT2D eigenvalue weighted by molar-refractivity contribution is 5.76. The van der Waals surface area contributed by atoms with Gasteiger partial charge in [0.1, 0.15) is 12.4 Å². The molecule has 1 aromatic heterocycles. The van der Waals surface area contributed by atoms with E-state index in [0.29, 0.717) is 18.3 Å². The fraction of sp³-hybridized carbons (Fsp3) is 0.556. The van der Waals surface area contributed by atoms with Gasteiger partial charge < -0.3 is 20.8 Å². The minimum absolute atomic E-state index is 0.533. The van der Waals surface area contributed by atoms with E-state index in [-0.39, 0.29) is 0 Å². The van der Waals surface area contributed by atoms with Gasteiger partial charge in [0.05, 0.1) is 0 Å². The molecule has 0 amide bonds. The van der Waals surface area contributed by atoms with Crippen LogP contribution in [-0.4, -0.2) is 55.4 Å². The van der Waals surface area contributed by atoms with Crippen molar-refractivity contribution in [1.82, 2.24) is 9.88 Å². The number of ether oxygens (including phenoxy) is 1. The van der Waals surface area contributed by atoms with Crippen molar-refractivity contribution in [3.8, 4) is 5.88 Å². The molecule has 0 aliphatic carbocycles. The molecule has 184 valence electrons. The van der Waals surface area contributed by atoms with Crippen LogP contribution in [0.3, 0.4) is 0 Å². The van der Waals surface area contributed by atoms with Gasteiger partial charge in [-0.25, -0.2) is 0 Å². The fourth-order valence-corrected chi connectivity index (χ4v) is 3.72. The molecule has 2 aromatic rings. The van der Waals surface area contributed by atoms with Gasteiger partial charge in [0.25, 0.3) is 0 Å². The number of likely N-dealkylation sites (tertiary alicyclic amines) is 1. The monoisotopic (exact) mass is 455 g/mol. The average molecular weight is 456 g/mol. The molecular weight excluding hydrogens is 410 g/mol. The molecule has 2 heterocycles. The molecule has 3 rings (SSSR count). The molecule has 1 aliphatic rings. The van der Waals surface area contributed by atoms with Crippen molar-refractivity contribution in [3.63, 3.8) is 0 Å². The van der Waals surface area contributed by atoms with Crippen molar-refractivity contribution < 1.29 is 4.74 Å². The van der Waals surface area contributed by atoms with Crippen LogP contribution in [0.1, 0.15) is 64.5 Å². The van der Waals surface area contributed by atoms with Crippen molar-refractivity contribution in [3.05, 3.63) is 47.5 Å². The number of nitrogens with two attached hydrogens (primary N) is 1. The van der Waals surface area contributed by atoms with Crippen LogP contribution in [0.4, 0.5) is 11.5 Å². The Balaban J connectivity index is 0.000000412. The predicted molar refractivity (Wildman–Crippen MR) is 143 cm³/mol. The molecule has 33 heavy (non-hydrogen) atoms. The average Bonchev–Trinajstić information content (AvgIpc) is 3.34. The summed E-state index contributed by atoms with van der Waals surface area (Å²) in [6, 6.07) is 11.8. The summed E-state index contributed by atoms with van der Waals surface area (Å²) in [4.78, 5) is 9.10. The summed E-state index contributed by atoms with van der Waals surface area (Å²) in [5.74, 6) is 1.18. The maximum absolute atomic E-state index is 6.92. The minimum atomic E-state index is 0.533. The second kappa shape index (κ2) is 17.0. The minimum Gasteiger partial charge on any atom is -0.476 e. The topological polar surface area (TPSA) is 78.5 Å². The molecule has 6 heteroatoms. The Morgan fingerprint density at radius 1 is 1.09 bits per heavy atom. The number of nitrogen functional groups attached to an aromatic ring is 1. The lowest BCUT2D eigenvalue weighted by Crippen LogP contribution is -2.26. The van der Waals surface area contributed by atoms with Crippen molar-refractivity contribution in [2.24, 2.45) is 0 Å². The van der Waals surface area contributed by atoms with Crippen LogP contribution in [0.25, 0.3) is 0 Å². The number of anilines is 2. The van der Waals surface area contributed by atoms with E-state index in [2.05, 4.69) is 28.6 Å². The Labute approximate surface area is 201 Å². The molecule has 1 aliphatic heterocycles. The number of aryl methyl sites for hydroxylation is 1. The first-order valence-corrected chi connectivity index (χ1v) is 12.5. The first-order valence-electron chi connectivity index (χ1n) is 12.5. The summed E-state index contributed by atoms with van der Waals surface area (Å²) in [7, 11) is 0. The largest absolute Gasteiger partial charge is 0.476 e. The van der Waals surface area contributed by atoms with Gasteiger partial charge in [-0.05, 0) is 51.3 Å². The predicted octanol–water partition coefficient (Wildman–Crippen LogP) is 5.78. The van der Waals surface area contributed by atoms with Crippen molar-refractivity contribution in [1.29, 1.82) is 5.41 Å². The zero-order valence-electron chi connectivity index (χ0n) is 21.4. The number of hydrogen-bond donors (Lipinski definition) is 2. The van der Waals surface area contributed by atoms with Crippen LogP contribution in [0.5, 0.6) is 5.88 Å². The lowest BCUT2D eigenvalue weighted by molar-refractivity contribution is 0.232. The van der Waals surface area contributed by atoms with E-state index in [1.54, 1.807) is 0 Å². The summed E-state index contributed by atoms with van der Waals surface area (Å²) < 4.78 is 5.84. The third-order valence-corrected chi connectivity index (χ3v) is 5.22. The van der Waals surface area contributed by atoms with Gasteiger partial charge >= 0.3 is 0 Å². The fourth-order valence-electron chi connectivity index (χ4n) is 3.72. The van der Waals surface area contributed by atoms with Crippen LogP contribution in [0.2, 0.25) is 0 Å². The van der Waals surface area contributed by atoms with Crippen molar-refractivity contribution >= 4 is 17.7 Å². The molecule has 1 aromatic carbocycles. The highest BCUT2D eigenvalue weighted by Gasteiger charge is 2.12. The van der Waals surface area contributed by atoms with Crippen LogP contribution < -0.4 is 15.4 Å². The van der Waals surface area contributed by atoms with Crippen LogP contribution in [0, 0.1) is 12.3 Å². The standard InChI is InChI=1S/C17H30N4O.C8H9N.C2H6/c1-3-7-21(8-4-2)15-13-16(18)19-17(14-15)22-12-11-20-9-5-6-10-20;1-7-3-2-4-8(5-7)6-9;1-2/h13-14H,3-12H2,1-2H3,(H2,18,19);2-6,9H,1H3;1-2H3. The third kappa shape index (κ3) is 11.2. The Bertz CT molecular complexity index is 784. The number of rotatable bonds is 10. The highest BCUT2D eigenvalue weighted by atomic mass is 16.5. The summed E-state index contributed by atoms with van der Waals surface area (Å²) >= 11 is 0. The number of nitrogens with zero attached hydrogens (tertiary/aromatic N) is 3. The lowest BCUT2D eigenvalue weighted by atomic mass is 10.2. The van der Waals surface area contributed by atoms with E-state index in [0.717, 1.165) is 43.7 Å². The second-order valence-corrected chi connectivity index (χ2v) is 8.03. The molecule has 0 radical (unpaired) electrons. The van der Waals surface area contributed by atoms with Gasteiger partial charge in [-0.3, -0.25) is 4.90 Å². The van der Waals surface area contributed by atoms with Crippen LogP contribution >= 0.6 is 0 Å². The Kier molecular flexibility index (Phi) is 14.6. The Morgan fingerprint density at radius 2 is 1.76 bits per heavy atom. The molecular formula is C27H45N5O. The van der Waals surface area contributed by atoms with E-state index in [9.17, 15) is 0 Å². The summed E-state index contributed by atoms with van der Waals surface area (Å²) in [5, 5.41) is 6.92. The molecule has 0 bridgehead atoms. The first kappa shape index (κ1) is 28.4. The maximum atomic E-state index is 6.92. The van der Waals surface area contributed by atoms with E-state index in [1.165, 1.54) is 37.7 Å². The smallest absolute Gasteiger partial charge is 0.217 e. The Morgan fingerprint density at radius 3 is 2.30 bits per heavy atom. The van der Waals surface area contributed by atoms with Crippen molar-refractivity contribution in [2.75, 3.05) is 50.0 Å².